The Kier molecular flexibility index (Phi) is 7.70. The average molecular weight is 206 g/mol. The lowest BCUT2D eigenvalue weighted by Gasteiger charge is -1.97. The number of hydrogen-bond donors (Lipinski definition) is 0. The van der Waals surface area contributed by atoms with E-state index in [1.165, 1.54) is 0 Å². The highest BCUT2D eigenvalue weighted by atomic mass is 32.2. The lowest BCUT2D eigenvalue weighted by Crippen LogP contribution is -1.98. The van der Waals surface area contributed by atoms with Crippen LogP contribution >= 0.6 is 23.5 Å². The second kappa shape index (κ2) is 7.68. The first kappa shape index (κ1) is 12.0. The van der Waals surface area contributed by atoms with Crippen molar-refractivity contribution in [1.29, 1.82) is 0 Å². The molecule has 0 amide bonds. The zero-order chi connectivity index (χ0) is 9.40. The Bertz CT molecular complexity index is 139. The smallest absolute Gasteiger partial charge is 0.139 e. The highest BCUT2D eigenvalue weighted by Gasteiger charge is 1.95. The molecule has 0 aliphatic heterocycles. The Balaban J connectivity index is 3.01. The second-order valence-corrected chi connectivity index (χ2v) is 4.72. The molecule has 4 heteroatoms. The number of carbonyl (C=O) groups is 2. The van der Waals surface area contributed by atoms with Crippen molar-refractivity contribution < 1.29 is 9.59 Å². The van der Waals surface area contributed by atoms with Crippen LogP contribution in [-0.4, -0.2) is 34.6 Å². The number of Topliss-reactive ketones (excluding diaryl/α,β-unsaturated/α-hetero) is 2. The van der Waals surface area contributed by atoms with Gasteiger partial charge in [0, 0.05) is 11.5 Å². The van der Waals surface area contributed by atoms with Crippen molar-refractivity contribution in [3.8, 4) is 0 Å². The van der Waals surface area contributed by atoms with E-state index in [9.17, 15) is 9.59 Å². The van der Waals surface area contributed by atoms with Crippen LogP contribution in [0.1, 0.15) is 13.8 Å². The second-order valence-electron chi connectivity index (χ2n) is 2.51. The van der Waals surface area contributed by atoms with Crippen molar-refractivity contribution in [2.75, 3.05) is 23.0 Å². The fraction of sp³-hybridized carbons (Fsp3) is 0.750. The fourth-order valence-corrected chi connectivity index (χ4v) is 2.36. The summed E-state index contributed by atoms with van der Waals surface area (Å²) in [4.78, 5) is 21.0. The van der Waals surface area contributed by atoms with Crippen LogP contribution in [0.2, 0.25) is 0 Å². The largest absolute Gasteiger partial charge is 0.299 e. The van der Waals surface area contributed by atoms with Crippen LogP contribution in [0.3, 0.4) is 0 Å². The van der Waals surface area contributed by atoms with E-state index in [-0.39, 0.29) is 11.6 Å². The molecule has 0 fully saturated rings. The molecule has 0 saturated carbocycles. The van der Waals surface area contributed by atoms with Gasteiger partial charge in [-0.1, -0.05) is 0 Å². The van der Waals surface area contributed by atoms with Gasteiger partial charge >= 0.3 is 0 Å². The van der Waals surface area contributed by atoms with E-state index in [4.69, 9.17) is 0 Å². The zero-order valence-corrected chi connectivity index (χ0v) is 9.09. The minimum absolute atomic E-state index is 0.219. The normalized spacial score (nSPS) is 9.83. The molecule has 0 spiro atoms. The van der Waals surface area contributed by atoms with Crippen molar-refractivity contribution in [2.45, 2.75) is 13.8 Å². The van der Waals surface area contributed by atoms with Gasteiger partial charge in [0.1, 0.15) is 11.6 Å². The summed E-state index contributed by atoms with van der Waals surface area (Å²) in [6.45, 7) is 3.19. The summed E-state index contributed by atoms with van der Waals surface area (Å²) in [5.41, 5.74) is 0. The first-order valence-corrected chi connectivity index (χ1v) is 6.08. The first-order chi connectivity index (χ1) is 5.63. The summed E-state index contributed by atoms with van der Waals surface area (Å²) in [7, 11) is 0. The Hall–Kier alpha value is 0.0400. The molecule has 0 atom stereocenters. The number of rotatable bonds is 7. The Morgan fingerprint density at radius 1 is 0.917 bits per heavy atom. The van der Waals surface area contributed by atoms with Gasteiger partial charge in [-0.25, -0.2) is 0 Å². The highest BCUT2D eigenvalue weighted by molar-refractivity contribution is 8.03. The molecule has 0 N–H and O–H groups in total. The van der Waals surface area contributed by atoms with E-state index in [1.807, 2.05) is 0 Å². The summed E-state index contributed by atoms with van der Waals surface area (Å²) in [6.07, 6.45) is 0. The Labute approximate surface area is 81.9 Å². The minimum atomic E-state index is 0.219. The third-order valence-corrected chi connectivity index (χ3v) is 3.45. The molecule has 2 nitrogen and oxygen atoms in total. The van der Waals surface area contributed by atoms with E-state index >= 15 is 0 Å². The van der Waals surface area contributed by atoms with Crippen LogP contribution in [-0.2, 0) is 9.59 Å². The molecule has 0 aromatic carbocycles. The number of ketones is 2. The van der Waals surface area contributed by atoms with E-state index in [1.54, 1.807) is 37.4 Å². The molecule has 0 aromatic heterocycles. The van der Waals surface area contributed by atoms with Gasteiger partial charge in [-0.2, -0.15) is 23.5 Å². The van der Waals surface area contributed by atoms with Crippen molar-refractivity contribution in [2.24, 2.45) is 0 Å². The van der Waals surface area contributed by atoms with Gasteiger partial charge < -0.3 is 0 Å². The molecule has 12 heavy (non-hydrogen) atoms. The number of carbonyl (C=O) groups excluding carboxylic acids is 2. The molecule has 0 unspecified atom stereocenters. The molecule has 0 aromatic rings. The number of hydrogen-bond acceptors (Lipinski definition) is 4. The van der Waals surface area contributed by atoms with Crippen LogP contribution in [0.15, 0.2) is 0 Å². The maximum absolute atomic E-state index is 10.5. The Morgan fingerprint density at radius 3 is 1.50 bits per heavy atom. The Morgan fingerprint density at radius 2 is 1.25 bits per heavy atom. The molecule has 0 saturated heterocycles. The molecule has 0 heterocycles. The molecule has 0 radical (unpaired) electrons. The van der Waals surface area contributed by atoms with Crippen LogP contribution in [0.25, 0.3) is 0 Å². The summed E-state index contributed by atoms with van der Waals surface area (Å²) in [5, 5.41) is 0. The van der Waals surface area contributed by atoms with Crippen LogP contribution < -0.4 is 0 Å². The molecule has 70 valence electrons. The van der Waals surface area contributed by atoms with Gasteiger partial charge in [0.25, 0.3) is 0 Å². The topological polar surface area (TPSA) is 34.1 Å². The number of thioether (sulfide) groups is 2. The quantitative estimate of drug-likeness (QED) is 0.593. The molecule has 0 rings (SSSR count). The van der Waals surface area contributed by atoms with E-state index < -0.39 is 0 Å². The van der Waals surface area contributed by atoms with Crippen LogP contribution in [0.4, 0.5) is 0 Å². The molecular weight excluding hydrogens is 192 g/mol. The maximum Gasteiger partial charge on any atom is 0.139 e. The third kappa shape index (κ3) is 10.0. The van der Waals surface area contributed by atoms with E-state index in [0.29, 0.717) is 11.5 Å². The molecule has 0 aliphatic rings. The summed E-state index contributed by atoms with van der Waals surface area (Å²) < 4.78 is 0. The van der Waals surface area contributed by atoms with Crippen LogP contribution in [0, 0.1) is 0 Å². The van der Waals surface area contributed by atoms with Gasteiger partial charge in [-0.15, -0.1) is 0 Å². The van der Waals surface area contributed by atoms with Crippen molar-refractivity contribution >= 4 is 35.1 Å². The molecule has 0 aliphatic carbocycles. The molecular formula is C8H14O2S2. The highest BCUT2D eigenvalue weighted by Crippen LogP contribution is 2.06. The monoisotopic (exact) mass is 206 g/mol. The molecule has 0 bridgehead atoms. The van der Waals surface area contributed by atoms with Gasteiger partial charge in [0.15, 0.2) is 0 Å². The van der Waals surface area contributed by atoms with E-state index in [2.05, 4.69) is 0 Å². The predicted octanol–water partition coefficient (Wildman–Crippen LogP) is 1.63. The average Bonchev–Trinajstić information content (AvgIpc) is 1.95. The van der Waals surface area contributed by atoms with E-state index in [0.717, 1.165) is 11.5 Å². The van der Waals surface area contributed by atoms with Gasteiger partial charge in [-0.05, 0) is 13.8 Å². The predicted molar refractivity (Wildman–Crippen MR) is 56.0 cm³/mol. The van der Waals surface area contributed by atoms with Crippen molar-refractivity contribution in [1.82, 2.24) is 0 Å². The van der Waals surface area contributed by atoms with Gasteiger partial charge in [-0.3, -0.25) is 9.59 Å². The summed E-state index contributed by atoms with van der Waals surface area (Å²) in [6, 6.07) is 0. The SMILES string of the molecule is CC(=O)CSCCSCC(C)=O. The summed E-state index contributed by atoms with van der Waals surface area (Å²) in [5.74, 6) is 3.55. The lowest BCUT2D eigenvalue weighted by atomic mass is 10.5. The first-order valence-electron chi connectivity index (χ1n) is 3.77. The zero-order valence-electron chi connectivity index (χ0n) is 7.46. The standard InChI is InChI=1S/C8H14O2S2/c1-7(9)5-11-3-4-12-6-8(2)10/h3-6H2,1-2H3. The summed E-state index contributed by atoms with van der Waals surface area (Å²) >= 11 is 3.26. The van der Waals surface area contributed by atoms with Gasteiger partial charge in [0.2, 0.25) is 0 Å². The third-order valence-electron chi connectivity index (χ3n) is 0.983. The maximum atomic E-state index is 10.5. The van der Waals surface area contributed by atoms with Crippen molar-refractivity contribution in [3.63, 3.8) is 0 Å². The lowest BCUT2D eigenvalue weighted by molar-refractivity contribution is -0.115. The van der Waals surface area contributed by atoms with Crippen LogP contribution in [0.5, 0.6) is 0 Å². The minimum Gasteiger partial charge on any atom is -0.299 e. The van der Waals surface area contributed by atoms with Gasteiger partial charge in [0.05, 0.1) is 11.5 Å². The fourth-order valence-electron chi connectivity index (χ4n) is 0.550. The van der Waals surface area contributed by atoms with Crippen molar-refractivity contribution in [3.05, 3.63) is 0 Å².